The maximum Gasteiger partial charge on any atom is 0.243 e. The number of anilines is 2. The summed E-state index contributed by atoms with van der Waals surface area (Å²) >= 11 is 5.91. The van der Waals surface area contributed by atoms with E-state index in [2.05, 4.69) is 5.32 Å². The first kappa shape index (κ1) is 21.8. The van der Waals surface area contributed by atoms with Crippen LogP contribution in [-0.4, -0.2) is 42.8 Å². The van der Waals surface area contributed by atoms with Crippen molar-refractivity contribution in [2.45, 2.75) is 27.2 Å². The molecule has 0 spiro atoms. The third kappa shape index (κ3) is 4.82. The molecule has 1 heterocycles. The molecule has 158 valence electrons. The van der Waals surface area contributed by atoms with Crippen LogP contribution in [0.4, 0.5) is 11.4 Å². The largest absolute Gasteiger partial charge is 0.336 e. The molecule has 1 N–H and O–H groups in total. The zero-order chi connectivity index (χ0) is 22.0. The number of hydrogen-bond acceptors (Lipinski definition) is 3. The Hall–Kier alpha value is -2.86. The van der Waals surface area contributed by atoms with Gasteiger partial charge in [0, 0.05) is 36.4 Å². The molecule has 1 atom stereocenters. The van der Waals surface area contributed by atoms with E-state index in [1.807, 2.05) is 32.9 Å². The lowest BCUT2D eigenvalue weighted by Gasteiger charge is -2.22. The molecule has 0 bridgehead atoms. The molecule has 1 saturated heterocycles. The van der Waals surface area contributed by atoms with Gasteiger partial charge in [0.05, 0.1) is 12.5 Å². The highest BCUT2D eigenvalue weighted by Crippen LogP contribution is 2.27. The Bertz CT molecular complexity index is 965. The summed E-state index contributed by atoms with van der Waals surface area (Å²) in [4.78, 5) is 40.7. The van der Waals surface area contributed by atoms with E-state index in [1.54, 1.807) is 36.2 Å². The van der Waals surface area contributed by atoms with Crippen molar-refractivity contribution in [1.29, 1.82) is 0 Å². The molecule has 0 aliphatic carbocycles. The minimum Gasteiger partial charge on any atom is -0.336 e. The smallest absolute Gasteiger partial charge is 0.243 e. The predicted octanol–water partition coefficient (Wildman–Crippen LogP) is 3.72. The zero-order valence-electron chi connectivity index (χ0n) is 17.7. The van der Waals surface area contributed by atoms with E-state index in [9.17, 15) is 14.4 Å². The molecule has 6 nitrogen and oxygen atoms in total. The number of hydrogen-bond donors (Lipinski definition) is 1. The third-order valence-corrected chi connectivity index (χ3v) is 5.56. The molecule has 30 heavy (non-hydrogen) atoms. The van der Waals surface area contributed by atoms with Crippen molar-refractivity contribution in [2.75, 3.05) is 30.4 Å². The van der Waals surface area contributed by atoms with Gasteiger partial charge in [-0.3, -0.25) is 14.4 Å². The van der Waals surface area contributed by atoms with E-state index < -0.39 is 5.92 Å². The average molecular weight is 428 g/mol. The number of nitrogens with zero attached hydrogens (tertiary/aromatic N) is 2. The number of aryl methyl sites for hydroxylation is 3. The monoisotopic (exact) mass is 427 g/mol. The van der Waals surface area contributed by atoms with Gasteiger partial charge in [0.15, 0.2) is 0 Å². The number of benzene rings is 2. The molecular weight excluding hydrogens is 402 g/mol. The molecule has 3 rings (SSSR count). The summed E-state index contributed by atoms with van der Waals surface area (Å²) in [5, 5.41) is 3.49. The van der Waals surface area contributed by atoms with Crippen LogP contribution < -0.4 is 10.2 Å². The SMILES string of the molecule is Cc1cc(C)c(NC(=O)CN(C)C(=O)C2CC(=O)N(c3ccc(Cl)cc3)C2)c(C)c1. The third-order valence-electron chi connectivity index (χ3n) is 5.31. The van der Waals surface area contributed by atoms with Gasteiger partial charge in [0.2, 0.25) is 17.7 Å². The summed E-state index contributed by atoms with van der Waals surface area (Å²) in [5.41, 5.74) is 4.58. The summed E-state index contributed by atoms with van der Waals surface area (Å²) in [6.45, 7) is 6.12. The van der Waals surface area contributed by atoms with Gasteiger partial charge in [-0.2, -0.15) is 0 Å². The Balaban J connectivity index is 1.61. The minimum absolute atomic E-state index is 0.0722. The van der Waals surface area contributed by atoms with Crippen LogP contribution in [0.1, 0.15) is 23.1 Å². The lowest BCUT2D eigenvalue weighted by atomic mass is 10.0. The minimum atomic E-state index is -0.478. The summed E-state index contributed by atoms with van der Waals surface area (Å²) in [6, 6.07) is 11.0. The number of carbonyl (C=O) groups excluding carboxylic acids is 3. The van der Waals surface area contributed by atoms with Crippen molar-refractivity contribution < 1.29 is 14.4 Å². The number of rotatable bonds is 5. The Labute approximate surface area is 181 Å². The molecular formula is C23H26ClN3O3. The molecule has 3 amide bonds. The second-order valence-corrected chi connectivity index (χ2v) is 8.33. The van der Waals surface area contributed by atoms with Gasteiger partial charge >= 0.3 is 0 Å². The van der Waals surface area contributed by atoms with Gasteiger partial charge in [-0.25, -0.2) is 0 Å². The predicted molar refractivity (Wildman–Crippen MR) is 119 cm³/mol. The molecule has 1 aliphatic heterocycles. The van der Waals surface area contributed by atoms with E-state index in [0.717, 1.165) is 22.4 Å². The van der Waals surface area contributed by atoms with E-state index in [1.165, 1.54) is 4.90 Å². The number of carbonyl (C=O) groups is 3. The maximum absolute atomic E-state index is 12.8. The normalized spacial score (nSPS) is 16.0. The van der Waals surface area contributed by atoms with E-state index in [0.29, 0.717) is 17.3 Å². The molecule has 1 unspecified atom stereocenters. The van der Waals surface area contributed by atoms with Gasteiger partial charge in [0.1, 0.15) is 0 Å². The fourth-order valence-corrected chi connectivity index (χ4v) is 4.03. The molecule has 0 radical (unpaired) electrons. The van der Waals surface area contributed by atoms with Gasteiger partial charge in [-0.05, 0) is 56.2 Å². The Morgan fingerprint density at radius 2 is 1.73 bits per heavy atom. The van der Waals surface area contributed by atoms with Crippen molar-refractivity contribution >= 4 is 40.7 Å². The van der Waals surface area contributed by atoms with Crippen LogP contribution in [0.25, 0.3) is 0 Å². The van der Waals surface area contributed by atoms with Crippen molar-refractivity contribution in [3.05, 3.63) is 58.1 Å². The van der Waals surface area contributed by atoms with Crippen LogP contribution in [0.3, 0.4) is 0 Å². The number of amides is 3. The second-order valence-electron chi connectivity index (χ2n) is 7.90. The highest BCUT2D eigenvalue weighted by Gasteiger charge is 2.36. The van der Waals surface area contributed by atoms with Crippen LogP contribution in [0.2, 0.25) is 5.02 Å². The highest BCUT2D eigenvalue weighted by atomic mass is 35.5. The first-order chi connectivity index (χ1) is 14.2. The molecule has 1 aliphatic rings. The molecule has 0 aromatic heterocycles. The molecule has 1 fully saturated rings. The molecule has 2 aromatic carbocycles. The van der Waals surface area contributed by atoms with Crippen molar-refractivity contribution in [2.24, 2.45) is 5.92 Å². The summed E-state index contributed by atoms with van der Waals surface area (Å²) in [6.07, 6.45) is 0.129. The zero-order valence-corrected chi connectivity index (χ0v) is 18.4. The molecule has 0 saturated carbocycles. The van der Waals surface area contributed by atoms with Gasteiger partial charge in [-0.1, -0.05) is 29.3 Å². The van der Waals surface area contributed by atoms with Crippen LogP contribution >= 0.6 is 11.6 Å². The van der Waals surface area contributed by atoms with Crippen molar-refractivity contribution in [3.8, 4) is 0 Å². The number of nitrogens with one attached hydrogen (secondary N) is 1. The van der Waals surface area contributed by atoms with Crippen LogP contribution in [0.5, 0.6) is 0 Å². The van der Waals surface area contributed by atoms with Gasteiger partial charge < -0.3 is 15.1 Å². The lowest BCUT2D eigenvalue weighted by Crippen LogP contribution is -2.39. The standard InChI is InChI=1S/C23H26ClN3O3/c1-14-9-15(2)22(16(3)10-14)25-20(28)13-26(4)23(30)17-11-21(29)27(12-17)19-7-5-18(24)6-8-19/h5-10,17H,11-13H2,1-4H3,(H,25,28). The Morgan fingerprint density at radius 1 is 1.13 bits per heavy atom. The quantitative estimate of drug-likeness (QED) is 0.790. The Morgan fingerprint density at radius 3 is 2.33 bits per heavy atom. The van der Waals surface area contributed by atoms with Crippen LogP contribution in [0, 0.1) is 26.7 Å². The maximum atomic E-state index is 12.8. The van der Waals surface area contributed by atoms with E-state index in [-0.39, 0.29) is 30.7 Å². The fourth-order valence-electron chi connectivity index (χ4n) is 3.90. The van der Waals surface area contributed by atoms with E-state index in [4.69, 9.17) is 11.6 Å². The molecule has 7 heteroatoms. The first-order valence-corrected chi connectivity index (χ1v) is 10.2. The number of halogens is 1. The second kappa shape index (κ2) is 8.88. The summed E-state index contributed by atoms with van der Waals surface area (Å²) in [7, 11) is 1.59. The van der Waals surface area contributed by atoms with Gasteiger partial charge in [-0.15, -0.1) is 0 Å². The van der Waals surface area contributed by atoms with Crippen molar-refractivity contribution in [1.82, 2.24) is 4.90 Å². The van der Waals surface area contributed by atoms with Crippen LogP contribution in [-0.2, 0) is 14.4 Å². The summed E-state index contributed by atoms with van der Waals surface area (Å²) < 4.78 is 0. The van der Waals surface area contributed by atoms with Gasteiger partial charge in [0.25, 0.3) is 0 Å². The Kier molecular flexibility index (Phi) is 6.46. The lowest BCUT2D eigenvalue weighted by molar-refractivity contribution is -0.137. The van der Waals surface area contributed by atoms with E-state index >= 15 is 0 Å². The van der Waals surface area contributed by atoms with Crippen molar-refractivity contribution in [3.63, 3.8) is 0 Å². The highest BCUT2D eigenvalue weighted by molar-refractivity contribution is 6.30. The fraction of sp³-hybridized carbons (Fsp3) is 0.348. The summed E-state index contributed by atoms with van der Waals surface area (Å²) in [5.74, 6) is -1.07. The first-order valence-electron chi connectivity index (χ1n) is 9.84. The number of likely N-dealkylation sites (N-methyl/N-ethyl adjacent to an activating group) is 1. The molecule has 2 aromatic rings. The van der Waals surface area contributed by atoms with Crippen LogP contribution in [0.15, 0.2) is 36.4 Å². The topological polar surface area (TPSA) is 69.7 Å². The average Bonchev–Trinajstić information content (AvgIpc) is 3.06.